The fourth-order valence-corrected chi connectivity index (χ4v) is 4.74. The van der Waals surface area contributed by atoms with Gasteiger partial charge in [-0.1, -0.05) is 41.7 Å². The lowest BCUT2D eigenvalue weighted by Crippen LogP contribution is -2.44. The number of aromatic nitrogens is 1. The molecule has 3 aromatic rings. The number of fused-ring (bicyclic) bond motifs is 1. The Balaban J connectivity index is 1.87. The number of quaternary nitrogens is 1. The Morgan fingerprint density at radius 1 is 1.09 bits per heavy atom. The molecule has 0 spiro atoms. The Labute approximate surface area is 196 Å². The zero-order chi connectivity index (χ0) is 23.5. The van der Waals surface area contributed by atoms with Crippen molar-refractivity contribution in [2.24, 2.45) is 0 Å². The molecule has 0 aliphatic heterocycles. The predicted molar refractivity (Wildman–Crippen MR) is 133 cm³/mol. The molecule has 0 aliphatic carbocycles. The highest BCUT2D eigenvalue weighted by Gasteiger charge is 2.26. The maximum atomic E-state index is 11.3. The lowest BCUT2D eigenvalue weighted by Gasteiger charge is -2.32. The van der Waals surface area contributed by atoms with E-state index in [1.807, 2.05) is 52.8 Å². The van der Waals surface area contributed by atoms with Gasteiger partial charge in [0.15, 0.2) is 0 Å². The minimum absolute atomic E-state index is 0.0443. The highest BCUT2D eigenvalue weighted by Crippen LogP contribution is 2.38. The standard InChI is InChI=1S/C26H37N2O3S/c1-18(2)30-25-27-22-16-20(31-26(3,4)5)15-21(24(22)32-25)23(29)17-28(6,7)14-13-19-11-9-8-10-12-19/h8-12,15-16,18,23,29H,13-14,17H2,1-7H3/q+1. The van der Waals surface area contributed by atoms with Gasteiger partial charge in [0.1, 0.15) is 24.0 Å². The van der Waals surface area contributed by atoms with E-state index in [0.717, 1.165) is 34.5 Å². The number of likely N-dealkylation sites (N-methyl/N-ethyl adjacent to an activating group) is 1. The first-order chi connectivity index (χ1) is 14.9. The molecule has 1 atom stereocenters. The van der Waals surface area contributed by atoms with Crippen molar-refractivity contribution < 1.29 is 19.1 Å². The van der Waals surface area contributed by atoms with Gasteiger partial charge in [-0.2, -0.15) is 0 Å². The first-order valence-electron chi connectivity index (χ1n) is 11.3. The lowest BCUT2D eigenvalue weighted by atomic mass is 10.1. The van der Waals surface area contributed by atoms with Crippen LogP contribution >= 0.6 is 11.3 Å². The molecule has 2 aromatic carbocycles. The number of benzene rings is 2. The van der Waals surface area contributed by atoms with Gasteiger partial charge < -0.3 is 19.1 Å². The normalized spacial score (nSPS) is 13.5. The van der Waals surface area contributed by atoms with Crippen LogP contribution in [0, 0.1) is 0 Å². The minimum Gasteiger partial charge on any atom is -0.488 e. The van der Waals surface area contributed by atoms with Gasteiger partial charge in [0.2, 0.25) is 0 Å². The average Bonchev–Trinajstić information content (AvgIpc) is 3.06. The summed E-state index contributed by atoms with van der Waals surface area (Å²) < 4.78 is 13.6. The van der Waals surface area contributed by atoms with Crippen molar-refractivity contribution in [3.63, 3.8) is 0 Å². The van der Waals surface area contributed by atoms with Crippen LogP contribution in [0.1, 0.15) is 51.8 Å². The second kappa shape index (κ2) is 9.77. The Morgan fingerprint density at radius 2 is 1.78 bits per heavy atom. The molecular formula is C26H37N2O3S+. The Hall–Kier alpha value is -2.15. The molecule has 3 rings (SSSR count). The predicted octanol–water partition coefficient (Wildman–Crippen LogP) is 5.61. The van der Waals surface area contributed by atoms with Gasteiger partial charge in [0, 0.05) is 18.1 Å². The second-order valence-corrected chi connectivity index (χ2v) is 11.3. The molecule has 32 heavy (non-hydrogen) atoms. The number of hydrogen-bond acceptors (Lipinski definition) is 5. The maximum absolute atomic E-state index is 11.3. The summed E-state index contributed by atoms with van der Waals surface area (Å²) in [6, 6.07) is 14.4. The third-order valence-electron chi connectivity index (χ3n) is 5.11. The molecule has 0 fully saturated rings. The van der Waals surface area contributed by atoms with Crippen LogP contribution < -0.4 is 9.47 Å². The van der Waals surface area contributed by atoms with Gasteiger partial charge in [-0.05, 0) is 46.2 Å². The van der Waals surface area contributed by atoms with Gasteiger partial charge in [0.05, 0.1) is 37.0 Å². The van der Waals surface area contributed by atoms with Crippen LogP contribution in [0.25, 0.3) is 10.2 Å². The molecule has 1 N–H and O–H groups in total. The van der Waals surface area contributed by atoms with E-state index in [-0.39, 0.29) is 11.7 Å². The van der Waals surface area contributed by atoms with Gasteiger partial charge in [0.25, 0.3) is 5.19 Å². The van der Waals surface area contributed by atoms with E-state index in [1.165, 1.54) is 16.9 Å². The van der Waals surface area contributed by atoms with E-state index in [0.29, 0.717) is 16.2 Å². The number of ether oxygens (including phenoxy) is 2. The summed E-state index contributed by atoms with van der Waals surface area (Å²) in [5.74, 6) is 0.718. The van der Waals surface area contributed by atoms with Crippen molar-refractivity contribution in [3.05, 3.63) is 53.6 Å². The molecule has 1 heterocycles. The summed E-state index contributed by atoms with van der Waals surface area (Å²) in [5, 5.41) is 12.0. The molecule has 0 amide bonds. The summed E-state index contributed by atoms with van der Waals surface area (Å²) in [4.78, 5) is 4.66. The van der Waals surface area contributed by atoms with Crippen molar-refractivity contribution >= 4 is 21.6 Å². The largest absolute Gasteiger partial charge is 0.488 e. The number of aliphatic hydroxyl groups excluding tert-OH is 1. The zero-order valence-corrected chi connectivity index (χ0v) is 21.2. The molecule has 5 nitrogen and oxygen atoms in total. The molecule has 1 unspecified atom stereocenters. The molecule has 0 bridgehead atoms. The quantitative estimate of drug-likeness (QED) is 0.424. The van der Waals surface area contributed by atoms with Crippen LogP contribution in [-0.4, -0.2) is 53.5 Å². The minimum atomic E-state index is -0.640. The van der Waals surface area contributed by atoms with Crippen LogP contribution in [0.2, 0.25) is 0 Å². The number of thiazole rings is 1. The average molecular weight is 458 g/mol. The topological polar surface area (TPSA) is 51.6 Å². The molecule has 0 saturated heterocycles. The Morgan fingerprint density at radius 3 is 2.41 bits per heavy atom. The molecule has 174 valence electrons. The smallest absolute Gasteiger partial charge is 0.274 e. The Kier molecular flexibility index (Phi) is 7.48. The van der Waals surface area contributed by atoms with Crippen LogP contribution in [0.15, 0.2) is 42.5 Å². The number of nitrogens with zero attached hydrogens (tertiary/aromatic N) is 2. The van der Waals surface area contributed by atoms with Gasteiger partial charge in [-0.3, -0.25) is 0 Å². The van der Waals surface area contributed by atoms with Crippen LogP contribution in [0.3, 0.4) is 0 Å². The van der Waals surface area contributed by atoms with E-state index in [9.17, 15) is 5.11 Å². The van der Waals surface area contributed by atoms with Gasteiger partial charge >= 0.3 is 0 Å². The SMILES string of the molecule is CC(C)Oc1nc2cc(OC(C)(C)C)cc(C(O)C[N+](C)(C)CCc3ccccc3)c2s1. The molecule has 1 aromatic heterocycles. The summed E-state index contributed by atoms with van der Waals surface area (Å²) in [6.45, 7) is 11.6. The summed E-state index contributed by atoms with van der Waals surface area (Å²) in [7, 11) is 4.33. The van der Waals surface area contributed by atoms with Crippen molar-refractivity contribution in [2.45, 2.75) is 58.8 Å². The van der Waals surface area contributed by atoms with Gasteiger partial charge in [-0.25, -0.2) is 4.98 Å². The van der Waals surface area contributed by atoms with Crippen LogP contribution in [0.4, 0.5) is 0 Å². The van der Waals surface area contributed by atoms with E-state index in [2.05, 4.69) is 43.3 Å². The molecule has 0 radical (unpaired) electrons. The molecule has 6 heteroatoms. The molecular weight excluding hydrogens is 420 g/mol. The van der Waals surface area contributed by atoms with Crippen molar-refractivity contribution in [3.8, 4) is 10.9 Å². The third kappa shape index (κ3) is 6.92. The maximum Gasteiger partial charge on any atom is 0.274 e. The fraction of sp³-hybridized carbons (Fsp3) is 0.500. The summed E-state index contributed by atoms with van der Waals surface area (Å²) in [6.07, 6.45) is 0.373. The van der Waals surface area contributed by atoms with Crippen molar-refractivity contribution in [2.75, 3.05) is 27.2 Å². The molecule has 0 aliphatic rings. The van der Waals surface area contributed by atoms with Crippen molar-refractivity contribution in [1.82, 2.24) is 4.98 Å². The van der Waals surface area contributed by atoms with E-state index >= 15 is 0 Å². The first kappa shape index (κ1) is 24.5. The summed E-state index contributed by atoms with van der Waals surface area (Å²) >= 11 is 1.49. The van der Waals surface area contributed by atoms with Gasteiger partial charge in [-0.15, -0.1) is 0 Å². The van der Waals surface area contributed by atoms with E-state index < -0.39 is 6.10 Å². The fourth-order valence-electron chi connectivity index (χ4n) is 3.66. The highest BCUT2D eigenvalue weighted by molar-refractivity contribution is 7.20. The van der Waals surface area contributed by atoms with Crippen LogP contribution in [0.5, 0.6) is 10.9 Å². The van der Waals surface area contributed by atoms with Crippen molar-refractivity contribution in [1.29, 1.82) is 0 Å². The first-order valence-corrected chi connectivity index (χ1v) is 12.1. The zero-order valence-electron chi connectivity index (χ0n) is 20.4. The Bertz CT molecular complexity index is 1020. The lowest BCUT2D eigenvalue weighted by molar-refractivity contribution is -0.893. The number of aliphatic hydroxyl groups is 1. The molecule has 0 saturated carbocycles. The van der Waals surface area contributed by atoms with E-state index in [4.69, 9.17) is 9.47 Å². The van der Waals surface area contributed by atoms with Crippen LogP contribution in [-0.2, 0) is 6.42 Å². The number of rotatable bonds is 9. The highest BCUT2D eigenvalue weighted by atomic mass is 32.1. The third-order valence-corrected chi connectivity index (χ3v) is 6.12. The summed E-state index contributed by atoms with van der Waals surface area (Å²) in [5.41, 5.74) is 2.63. The second-order valence-electron chi connectivity index (χ2n) is 10.3. The van der Waals surface area contributed by atoms with E-state index in [1.54, 1.807) is 0 Å². The monoisotopic (exact) mass is 457 g/mol. The number of hydrogen-bond donors (Lipinski definition) is 1.